The Hall–Kier alpha value is -2.36. The standard InChI is InChI=1S/C20H20FNO2/c1-3-19(23)22-11-12-10-20(12)17-8-13(21)4-6-15(17)16-7-5-14(24-2)9-18(16)20/h4-9,12H,3,10-11H2,1-2H3,(H,22,23)/t12-,20-/m0/s1. The molecule has 0 unspecified atom stereocenters. The van der Waals surface area contributed by atoms with E-state index in [0.29, 0.717) is 18.9 Å². The van der Waals surface area contributed by atoms with Crippen LogP contribution >= 0.6 is 0 Å². The number of benzene rings is 2. The number of hydrogen-bond donors (Lipinski definition) is 1. The maximum Gasteiger partial charge on any atom is 0.219 e. The summed E-state index contributed by atoms with van der Waals surface area (Å²) in [5.41, 5.74) is 4.29. The molecule has 1 fully saturated rings. The summed E-state index contributed by atoms with van der Waals surface area (Å²) in [5.74, 6) is 0.947. The second-order valence-electron chi connectivity index (χ2n) is 6.63. The smallest absolute Gasteiger partial charge is 0.219 e. The van der Waals surface area contributed by atoms with Crippen molar-refractivity contribution in [3.63, 3.8) is 0 Å². The summed E-state index contributed by atoms with van der Waals surface area (Å²) in [6.45, 7) is 2.47. The van der Waals surface area contributed by atoms with Crippen LogP contribution in [0.15, 0.2) is 36.4 Å². The molecule has 2 aliphatic carbocycles. The highest BCUT2D eigenvalue weighted by molar-refractivity contribution is 5.84. The van der Waals surface area contributed by atoms with Gasteiger partial charge >= 0.3 is 0 Å². The number of ether oxygens (including phenoxy) is 1. The summed E-state index contributed by atoms with van der Waals surface area (Å²) in [6.07, 6.45) is 1.41. The minimum absolute atomic E-state index is 0.0559. The first-order valence-corrected chi connectivity index (χ1v) is 8.35. The monoisotopic (exact) mass is 325 g/mol. The zero-order valence-electron chi connectivity index (χ0n) is 13.9. The van der Waals surface area contributed by atoms with Crippen molar-refractivity contribution < 1.29 is 13.9 Å². The molecule has 1 amide bonds. The fourth-order valence-corrected chi connectivity index (χ4v) is 4.12. The zero-order valence-corrected chi connectivity index (χ0v) is 13.9. The molecule has 1 saturated carbocycles. The molecule has 2 atom stereocenters. The van der Waals surface area contributed by atoms with Crippen LogP contribution in [0.4, 0.5) is 4.39 Å². The number of methoxy groups -OCH3 is 1. The Morgan fingerprint density at radius 2 is 1.96 bits per heavy atom. The number of amides is 1. The predicted molar refractivity (Wildman–Crippen MR) is 90.6 cm³/mol. The molecule has 4 heteroatoms. The highest BCUT2D eigenvalue weighted by Gasteiger charge is 2.60. The first kappa shape index (κ1) is 15.2. The van der Waals surface area contributed by atoms with Gasteiger partial charge in [-0.25, -0.2) is 4.39 Å². The highest BCUT2D eigenvalue weighted by Crippen LogP contribution is 2.66. The number of halogens is 1. The Kier molecular flexibility index (Phi) is 3.37. The van der Waals surface area contributed by atoms with E-state index in [4.69, 9.17) is 4.74 Å². The van der Waals surface area contributed by atoms with E-state index < -0.39 is 0 Å². The third-order valence-electron chi connectivity index (χ3n) is 5.43. The summed E-state index contributed by atoms with van der Waals surface area (Å²) in [7, 11) is 1.65. The van der Waals surface area contributed by atoms with Crippen molar-refractivity contribution in [2.45, 2.75) is 25.2 Å². The second kappa shape index (κ2) is 5.33. The van der Waals surface area contributed by atoms with Gasteiger partial charge in [-0.15, -0.1) is 0 Å². The number of hydrogen-bond acceptors (Lipinski definition) is 2. The largest absolute Gasteiger partial charge is 0.497 e. The lowest BCUT2D eigenvalue weighted by Gasteiger charge is -2.15. The van der Waals surface area contributed by atoms with Gasteiger partial charge in [0.15, 0.2) is 0 Å². The van der Waals surface area contributed by atoms with Crippen molar-refractivity contribution in [1.29, 1.82) is 0 Å². The molecule has 3 nitrogen and oxygen atoms in total. The van der Waals surface area contributed by atoms with Crippen molar-refractivity contribution >= 4 is 5.91 Å². The quantitative estimate of drug-likeness (QED) is 0.932. The molecular weight excluding hydrogens is 305 g/mol. The molecular formula is C20H20FNO2. The Morgan fingerprint density at radius 3 is 2.67 bits per heavy atom. The molecule has 2 aromatic carbocycles. The molecule has 4 rings (SSSR count). The fraction of sp³-hybridized carbons (Fsp3) is 0.350. The van der Waals surface area contributed by atoms with Crippen LogP contribution in [0.25, 0.3) is 11.1 Å². The SMILES string of the molecule is CCC(=O)NC[C@@H]1C[C@@]12c1cc(F)ccc1-c1ccc(OC)cc12. The normalized spacial score (nSPS) is 22.9. The van der Waals surface area contributed by atoms with Gasteiger partial charge in [-0.3, -0.25) is 4.79 Å². The molecule has 0 aliphatic heterocycles. The van der Waals surface area contributed by atoms with Crippen molar-refractivity contribution in [2.24, 2.45) is 5.92 Å². The summed E-state index contributed by atoms with van der Waals surface area (Å²) in [4.78, 5) is 11.6. The zero-order chi connectivity index (χ0) is 16.9. The van der Waals surface area contributed by atoms with E-state index in [9.17, 15) is 9.18 Å². The van der Waals surface area contributed by atoms with E-state index in [1.807, 2.05) is 19.1 Å². The Balaban J connectivity index is 1.77. The van der Waals surface area contributed by atoms with Crippen LogP contribution in [0.2, 0.25) is 0 Å². The predicted octanol–water partition coefficient (Wildman–Crippen LogP) is 3.65. The first-order valence-electron chi connectivity index (χ1n) is 8.35. The van der Waals surface area contributed by atoms with Crippen LogP contribution in [0, 0.1) is 11.7 Å². The summed E-state index contributed by atoms with van der Waals surface area (Å²) >= 11 is 0. The van der Waals surface area contributed by atoms with Crippen LogP contribution in [0.5, 0.6) is 5.75 Å². The van der Waals surface area contributed by atoms with E-state index >= 15 is 0 Å². The third-order valence-corrected chi connectivity index (χ3v) is 5.43. The van der Waals surface area contributed by atoms with Gasteiger partial charge in [0.1, 0.15) is 11.6 Å². The van der Waals surface area contributed by atoms with Gasteiger partial charge in [0, 0.05) is 18.4 Å². The summed E-state index contributed by atoms with van der Waals surface area (Å²) in [5, 5.41) is 2.99. The van der Waals surface area contributed by atoms with Crippen molar-refractivity contribution in [3.05, 3.63) is 53.3 Å². The molecule has 0 heterocycles. The van der Waals surface area contributed by atoms with Gasteiger partial charge in [0.05, 0.1) is 7.11 Å². The van der Waals surface area contributed by atoms with Crippen molar-refractivity contribution in [1.82, 2.24) is 5.32 Å². The summed E-state index contributed by atoms with van der Waals surface area (Å²) < 4.78 is 19.3. The number of carbonyl (C=O) groups excluding carboxylic acids is 1. The van der Waals surface area contributed by atoms with Crippen molar-refractivity contribution in [2.75, 3.05) is 13.7 Å². The topological polar surface area (TPSA) is 38.3 Å². The molecule has 0 saturated heterocycles. The van der Waals surface area contributed by atoms with Crippen LogP contribution in [-0.4, -0.2) is 19.6 Å². The third kappa shape index (κ3) is 2.05. The molecule has 2 aromatic rings. The molecule has 1 spiro atoms. The van der Waals surface area contributed by atoms with Gasteiger partial charge in [-0.05, 0) is 58.9 Å². The average molecular weight is 325 g/mol. The van der Waals surface area contributed by atoms with E-state index in [1.54, 1.807) is 13.2 Å². The fourth-order valence-electron chi connectivity index (χ4n) is 4.12. The molecule has 0 bridgehead atoms. The van der Waals surface area contributed by atoms with E-state index in [1.165, 1.54) is 11.6 Å². The maximum absolute atomic E-state index is 13.9. The number of carbonyl (C=O) groups is 1. The summed E-state index contributed by atoms with van der Waals surface area (Å²) in [6, 6.07) is 11.1. The lowest BCUT2D eigenvalue weighted by atomic mass is 9.90. The lowest BCUT2D eigenvalue weighted by Crippen LogP contribution is -2.27. The van der Waals surface area contributed by atoms with Gasteiger partial charge in [0.2, 0.25) is 5.91 Å². The molecule has 24 heavy (non-hydrogen) atoms. The minimum Gasteiger partial charge on any atom is -0.497 e. The molecule has 1 N–H and O–H groups in total. The molecule has 0 aromatic heterocycles. The Labute approximate surface area is 140 Å². The Morgan fingerprint density at radius 1 is 1.25 bits per heavy atom. The molecule has 2 aliphatic rings. The average Bonchev–Trinajstić information content (AvgIpc) is 3.27. The van der Waals surface area contributed by atoms with E-state index in [-0.39, 0.29) is 17.1 Å². The Bertz CT molecular complexity index is 832. The number of fused-ring (bicyclic) bond motifs is 5. The van der Waals surface area contributed by atoms with Crippen molar-refractivity contribution in [3.8, 4) is 16.9 Å². The van der Waals surface area contributed by atoms with Gasteiger partial charge in [0.25, 0.3) is 0 Å². The second-order valence-corrected chi connectivity index (χ2v) is 6.63. The van der Waals surface area contributed by atoms with Gasteiger partial charge in [-0.2, -0.15) is 0 Å². The minimum atomic E-state index is -0.212. The van der Waals surface area contributed by atoms with E-state index in [2.05, 4.69) is 17.4 Å². The highest BCUT2D eigenvalue weighted by atomic mass is 19.1. The lowest BCUT2D eigenvalue weighted by molar-refractivity contribution is -0.120. The molecule has 124 valence electrons. The van der Waals surface area contributed by atoms with Gasteiger partial charge < -0.3 is 10.1 Å². The number of rotatable bonds is 4. The van der Waals surface area contributed by atoms with Crippen LogP contribution in [0.1, 0.15) is 30.9 Å². The number of nitrogens with one attached hydrogen (secondary N) is 1. The maximum atomic E-state index is 13.9. The van der Waals surface area contributed by atoms with Gasteiger partial charge in [-0.1, -0.05) is 19.1 Å². The van der Waals surface area contributed by atoms with Crippen LogP contribution < -0.4 is 10.1 Å². The van der Waals surface area contributed by atoms with Crippen LogP contribution in [0.3, 0.4) is 0 Å². The first-order chi connectivity index (χ1) is 11.6. The van der Waals surface area contributed by atoms with Crippen LogP contribution in [-0.2, 0) is 10.2 Å². The van der Waals surface area contributed by atoms with E-state index in [0.717, 1.165) is 28.9 Å². The molecule has 0 radical (unpaired) electrons.